The lowest BCUT2D eigenvalue weighted by molar-refractivity contribution is 0.445. The first kappa shape index (κ1) is 41.2. The summed E-state index contributed by atoms with van der Waals surface area (Å²) < 4.78 is 0. The van der Waals surface area contributed by atoms with Crippen LogP contribution in [-0.4, -0.2) is 0 Å². The topological polar surface area (TPSA) is 3.24 Å². The van der Waals surface area contributed by atoms with Gasteiger partial charge in [0.2, 0.25) is 0 Å². The molecule has 0 N–H and O–H groups in total. The van der Waals surface area contributed by atoms with Crippen molar-refractivity contribution in [2.24, 2.45) is 0 Å². The van der Waals surface area contributed by atoms with E-state index in [1.54, 1.807) is 0 Å². The first-order valence-electron chi connectivity index (χ1n) is 25.0. The van der Waals surface area contributed by atoms with E-state index in [0.29, 0.717) is 5.92 Å². The third-order valence-corrected chi connectivity index (χ3v) is 15.8. The van der Waals surface area contributed by atoms with E-state index in [4.69, 9.17) is 0 Å². The van der Waals surface area contributed by atoms with Crippen LogP contribution in [0.4, 0.5) is 17.1 Å². The van der Waals surface area contributed by atoms with Gasteiger partial charge in [0.15, 0.2) is 0 Å². The fourth-order valence-electron chi connectivity index (χ4n) is 12.5. The van der Waals surface area contributed by atoms with E-state index in [9.17, 15) is 0 Å². The highest BCUT2D eigenvalue weighted by atomic mass is 15.1. The van der Waals surface area contributed by atoms with Gasteiger partial charge in [-0.3, -0.25) is 0 Å². The van der Waals surface area contributed by atoms with Gasteiger partial charge in [0.25, 0.3) is 0 Å². The quantitative estimate of drug-likeness (QED) is 0.137. The van der Waals surface area contributed by atoms with Crippen molar-refractivity contribution in [1.29, 1.82) is 0 Å². The van der Waals surface area contributed by atoms with Crippen LogP contribution in [0.1, 0.15) is 67.2 Å². The standard InChI is InChI=1S/C68H53N/c1-68(50-26-6-3-7-27-50)62-37-14-10-30-57(62)58-44-42-49(45-63(58)68)52-29-11-15-38-64(52)69(65-39-16-12-31-59(65)55-35-20-34-54-51-28-9-8-23-47(51)41-43-56(54)55)66-40-17-13-32-60(66)61-36-19-25-48-24-18-33-53(67(48)61)46-21-4-2-5-22-46/h3,6-20,23-46H,2,4-5,21-22H2,1H3. The van der Waals surface area contributed by atoms with Crippen LogP contribution in [0.2, 0.25) is 0 Å². The molecule has 0 spiro atoms. The molecule has 0 radical (unpaired) electrons. The van der Waals surface area contributed by atoms with Gasteiger partial charge in [-0.2, -0.15) is 0 Å². The Morgan fingerprint density at radius 2 is 0.913 bits per heavy atom. The maximum Gasteiger partial charge on any atom is 0.0540 e. The Bertz CT molecular complexity index is 3740. The lowest BCUT2D eigenvalue weighted by atomic mass is 9.74. The monoisotopic (exact) mass is 883 g/mol. The SMILES string of the molecule is CC1(c2ccccc2)c2ccccc2-c2ccc(-c3ccccc3N(c3ccccc3-c3cccc4c3ccc3ccccc34)c3ccccc3-c3cccc4cccc(C5CCCCC5)c34)cc21. The maximum absolute atomic E-state index is 2.58. The number of benzene rings is 11. The molecule has 0 amide bonds. The van der Waals surface area contributed by atoms with Gasteiger partial charge in [-0.25, -0.2) is 0 Å². The highest BCUT2D eigenvalue weighted by Gasteiger charge is 2.41. The maximum atomic E-state index is 2.58. The van der Waals surface area contributed by atoms with E-state index in [1.165, 1.54) is 131 Å². The highest BCUT2D eigenvalue weighted by molar-refractivity contribution is 6.14. The molecule has 1 heteroatoms. The van der Waals surface area contributed by atoms with Crippen LogP contribution >= 0.6 is 0 Å². The molecule has 0 bridgehead atoms. The summed E-state index contributed by atoms with van der Waals surface area (Å²) in [4.78, 5) is 2.58. The van der Waals surface area contributed by atoms with Crippen LogP contribution in [0.3, 0.4) is 0 Å². The summed E-state index contributed by atoms with van der Waals surface area (Å²) in [5, 5.41) is 7.73. The molecule has 0 saturated heterocycles. The molecular formula is C68H53N. The zero-order valence-corrected chi connectivity index (χ0v) is 39.1. The molecule has 11 aromatic rings. The molecule has 1 fully saturated rings. The molecule has 13 rings (SSSR count). The van der Waals surface area contributed by atoms with Crippen molar-refractivity contribution in [3.05, 3.63) is 259 Å². The van der Waals surface area contributed by atoms with E-state index in [1.807, 2.05) is 0 Å². The van der Waals surface area contributed by atoms with Crippen LogP contribution in [0.15, 0.2) is 237 Å². The van der Waals surface area contributed by atoms with Crippen LogP contribution in [0.25, 0.3) is 76.8 Å². The molecule has 0 aliphatic heterocycles. The average Bonchev–Trinajstić information content (AvgIpc) is 3.69. The zero-order chi connectivity index (χ0) is 45.9. The van der Waals surface area contributed by atoms with Crippen molar-refractivity contribution in [1.82, 2.24) is 0 Å². The van der Waals surface area contributed by atoms with Crippen molar-refractivity contribution in [2.45, 2.75) is 50.4 Å². The number of fused-ring (bicyclic) bond motifs is 7. The van der Waals surface area contributed by atoms with Crippen molar-refractivity contribution >= 4 is 49.4 Å². The molecule has 69 heavy (non-hydrogen) atoms. The number of rotatable bonds is 8. The second kappa shape index (κ2) is 17.0. The second-order valence-corrected chi connectivity index (χ2v) is 19.5. The molecule has 1 nitrogen and oxygen atoms in total. The first-order chi connectivity index (χ1) is 34.1. The minimum atomic E-state index is -0.319. The minimum absolute atomic E-state index is 0.319. The third kappa shape index (κ3) is 6.74. The van der Waals surface area contributed by atoms with E-state index >= 15 is 0 Å². The molecule has 1 unspecified atom stereocenters. The van der Waals surface area contributed by atoms with Crippen molar-refractivity contribution in [3.63, 3.8) is 0 Å². The predicted molar refractivity (Wildman–Crippen MR) is 293 cm³/mol. The molecule has 2 aliphatic rings. The van der Waals surface area contributed by atoms with Crippen LogP contribution in [-0.2, 0) is 5.41 Å². The Labute approximate surface area is 406 Å². The largest absolute Gasteiger partial charge is 0.309 e. The van der Waals surface area contributed by atoms with E-state index < -0.39 is 0 Å². The number of para-hydroxylation sites is 3. The Hall–Kier alpha value is -8.00. The van der Waals surface area contributed by atoms with Crippen molar-refractivity contribution < 1.29 is 0 Å². The fraction of sp³-hybridized carbons (Fsp3) is 0.118. The number of nitrogens with zero attached hydrogens (tertiary/aromatic N) is 1. The summed E-state index contributed by atoms with van der Waals surface area (Å²) >= 11 is 0. The average molecular weight is 884 g/mol. The van der Waals surface area contributed by atoms with Crippen molar-refractivity contribution in [2.75, 3.05) is 4.90 Å². The van der Waals surface area contributed by atoms with Gasteiger partial charge in [-0.05, 0) is 132 Å². The van der Waals surface area contributed by atoms with Crippen LogP contribution < -0.4 is 4.90 Å². The Balaban J connectivity index is 1.07. The third-order valence-electron chi connectivity index (χ3n) is 15.8. The van der Waals surface area contributed by atoms with E-state index in [0.717, 1.165) is 17.1 Å². The smallest absolute Gasteiger partial charge is 0.0540 e. The summed E-state index contributed by atoms with van der Waals surface area (Å²) in [5.74, 6) is 0.559. The van der Waals surface area contributed by atoms with Gasteiger partial charge in [-0.1, -0.05) is 232 Å². The number of hydrogen-bond donors (Lipinski definition) is 0. The summed E-state index contributed by atoms with van der Waals surface area (Å²) in [6, 6.07) is 88.9. The van der Waals surface area contributed by atoms with Crippen LogP contribution in [0.5, 0.6) is 0 Å². The molecule has 1 saturated carbocycles. The lowest BCUT2D eigenvalue weighted by Crippen LogP contribution is -2.22. The lowest BCUT2D eigenvalue weighted by Gasteiger charge is -2.32. The molecule has 1 atom stereocenters. The van der Waals surface area contributed by atoms with Gasteiger partial charge in [0.05, 0.1) is 17.1 Å². The predicted octanol–water partition coefficient (Wildman–Crippen LogP) is 19.0. The summed E-state index contributed by atoms with van der Waals surface area (Å²) in [7, 11) is 0. The van der Waals surface area contributed by atoms with E-state index in [2.05, 4.69) is 248 Å². The van der Waals surface area contributed by atoms with Crippen LogP contribution in [0, 0.1) is 0 Å². The Kier molecular flexibility index (Phi) is 10.1. The van der Waals surface area contributed by atoms with E-state index in [-0.39, 0.29) is 5.41 Å². The van der Waals surface area contributed by atoms with Gasteiger partial charge in [0.1, 0.15) is 0 Å². The van der Waals surface area contributed by atoms with Gasteiger partial charge >= 0.3 is 0 Å². The second-order valence-electron chi connectivity index (χ2n) is 19.5. The van der Waals surface area contributed by atoms with Gasteiger partial charge < -0.3 is 4.90 Å². The molecule has 0 heterocycles. The number of hydrogen-bond acceptors (Lipinski definition) is 1. The molecule has 2 aliphatic carbocycles. The summed E-state index contributed by atoms with van der Waals surface area (Å²) in [6.45, 7) is 2.42. The summed E-state index contributed by atoms with van der Waals surface area (Å²) in [6.07, 6.45) is 6.42. The molecule has 11 aromatic carbocycles. The Morgan fingerprint density at radius 3 is 1.70 bits per heavy atom. The molecule has 0 aromatic heterocycles. The first-order valence-corrected chi connectivity index (χ1v) is 25.0. The fourth-order valence-corrected chi connectivity index (χ4v) is 12.5. The number of anilines is 3. The minimum Gasteiger partial charge on any atom is -0.309 e. The molecular weight excluding hydrogens is 831 g/mol. The van der Waals surface area contributed by atoms with Gasteiger partial charge in [-0.15, -0.1) is 0 Å². The molecule has 330 valence electrons. The highest BCUT2D eigenvalue weighted by Crippen LogP contribution is 2.55. The summed E-state index contributed by atoms with van der Waals surface area (Å²) in [5.41, 5.74) is 18.5. The van der Waals surface area contributed by atoms with Crippen molar-refractivity contribution in [3.8, 4) is 44.5 Å². The Morgan fingerprint density at radius 1 is 0.362 bits per heavy atom. The van der Waals surface area contributed by atoms with Gasteiger partial charge in [0, 0.05) is 22.1 Å². The zero-order valence-electron chi connectivity index (χ0n) is 39.1. The normalized spacial score (nSPS) is 15.6.